The fourth-order valence-electron chi connectivity index (χ4n) is 2.53. The minimum absolute atomic E-state index is 0.161. The summed E-state index contributed by atoms with van der Waals surface area (Å²) in [4.78, 5) is 24.0. The van der Waals surface area contributed by atoms with Crippen molar-refractivity contribution in [2.75, 3.05) is 6.54 Å². The average Bonchev–Trinajstić information content (AvgIpc) is 2.80. The van der Waals surface area contributed by atoms with Crippen LogP contribution in [0, 0.1) is 0 Å². The number of hydrogen-bond donors (Lipinski definition) is 2. The van der Waals surface area contributed by atoms with Gasteiger partial charge in [0.15, 0.2) is 0 Å². The second-order valence-corrected chi connectivity index (χ2v) is 6.31. The number of carbonyl (C=O) groups excluding carboxylic acids is 2. The number of piperidine rings is 1. The van der Waals surface area contributed by atoms with Crippen molar-refractivity contribution in [3.8, 4) is 0 Å². The molecule has 2 aliphatic heterocycles. The van der Waals surface area contributed by atoms with Crippen molar-refractivity contribution in [2.45, 2.75) is 35.4 Å². The molecule has 3 rings (SSSR count). The molecule has 2 unspecified atom stereocenters. The zero-order chi connectivity index (χ0) is 13.2. The van der Waals surface area contributed by atoms with Crippen LogP contribution in [0.1, 0.15) is 18.4 Å². The molecule has 0 aliphatic carbocycles. The van der Waals surface area contributed by atoms with Crippen LogP contribution in [0.15, 0.2) is 29.2 Å². The Labute approximate surface area is 116 Å². The zero-order valence-corrected chi connectivity index (χ0v) is 11.3. The highest BCUT2D eigenvalue weighted by atomic mass is 32.2. The molecular formula is C14H16N2O2S. The first-order valence-corrected chi connectivity index (χ1v) is 7.42. The summed E-state index contributed by atoms with van der Waals surface area (Å²) in [5, 5.41) is 6.13. The molecule has 5 heteroatoms. The van der Waals surface area contributed by atoms with E-state index < -0.39 is 0 Å². The van der Waals surface area contributed by atoms with Crippen LogP contribution in [0.3, 0.4) is 0 Å². The molecule has 0 bridgehead atoms. The van der Waals surface area contributed by atoms with Crippen LogP contribution in [-0.2, 0) is 16.0 Å². The van der Waals surface area contributed by atoms with Crippen molar-refractivity contribution >= 4 is 23.6 Å². The average molecular weight is 276 g/mol. The van der Waals surface area contributed by atoms with Gasteiger partial charge in [-0.25, -0.2) is 0 Å². The minimum atomic E-state index is -0.220. The number of carbonyl (C=O) groups is 2. The standard InChI is InChI=1S/C14H16N2O2S/c17-13-6-5-11(14(18)16-13)15-8-10-7-9-3-1-2-4-12(9)19-10/h1-4,10-11,15H,5-8H2,(H,16,17,18). The maximum absolute atomic E-state index is 11.6. The SMILES string of the molecule is O=C1CCC(NCC2Cc3ccccc3S2)C(=O)N1. The predicted octanol–water partition coefficient (Wildman–Crippen LogP) is 1.10. The van der Waals surface area contributed by atoms with Crippen molar-refractivity contribution < 1.29 is 9.59 Å². The molecule has 1 saturated heterocycles. The van der Waals surface area contributed by atoms with Crippen LogP contribution in [0.25, 0.3) is 0 Å². The van der Waals surface area contributed by atoms with E-state index in [4.69, 9.17) is 0 Å². The van der Waals surface area contributed by atoms with Crippen LogP contribution in [0.5, 0.6) is 0 Å². The van der Waals surface area contributed by atoms with E-state index >= 15 is 0 Å². The molecular weight excluding hydrogens is 260 g/mol. The maximum Gasteiger partial charge on any atom is 0.243 e. The molecule has 1 aromatic rings. The normalized spacial score (nSPS) is 26.1. The fraction of sp³-hybridized carbons (Fsp3) is 0.429. The van der Waals surface area contributed by atoms with Crippen molar-refractivity contribution in [1.29, 1.82) is 0 Å². The Hall–Kier alpha value is -1.33. The number of imide groups is 1. The van der Waals surface area contributed by atoms with Gasteiger partial charge in [-0.3, -0.25) is 14.9 Å². The Morgan fingerprint density at radius 1 is 1.32 bits per heavy atom. The number of nitrogens with one attached hydrogen (secondary N) is 2. The molecule has 100 valence electrons. The molecule has 4 nitrogen and oxygen atoms in total. The highest BCUT2D eigenvalue weighted by Gasteiger charge is 2.28. The van der Waals surface area contributed by atoms with Gasteiger partial charge in [0.2, 0.25) is 11.8 Å². The highest BCUT2D eigenvalue weighted by molar-refractivity contribution is 8.00. The molecule has 1 fully saturated rings. The van der Waals surface area contributed by atoms with Crippen molar-refractivity contribution in [3.63, 3.8) is 0 Å². The van der Waals surface area contributed by atoms with Gasteiger partial charge in [0, 0.05) is 23.1 Å². The van der Waals surface area contributed by atoms with Crippen molar-refractivity contribution in [2.24, 2.45) is 0 Å². The summed E-state index contributed by atoms with van der Waals surface area (Å²) >= 11 is 1.87. The Morgan fingerprint density at radius 2 is 2.16 bits per heavy atom. The minimum Gasteiger partial charge on any atom is -0.305 e. The van der Waals surface area contributed by atoms with Gasteiger partial charge in [-0.15, -0.1) is 11.8 Å². The molecule has 0 radical (unpaired) electrons. The van der Waals surface area contributed by atoms with E-state index in [-0.39, 0.29) is 17.9 Å². The quantitative estimate of drug-likeness (QED) is 0.812. The van der Waals surface area contributed by atoms with Gasteiger partial charge in [-0.05, 0) is 24.5 Å². The van der Waals surface area contributed by atoms with Gasteiger partial charge in [0.05, 0.1) is 6.04 Å². The van der Waals surface area contributed by atoms with E-state index in [1.165, 1.54) is 10.5 Å². The third-order valence-electron chi connectivity index (χ3n) is 3.54. The van der Waals surface area contributed by atoms with Crippen LogP contribution in [0.2, 0.25) is 0 Å². The summed E-state index contributed by atoms with van der Waals surface area (Å²) in [6.45, 7) is 0.797. The number of rotatable bonds is 3. The lowest BCUT2D eigenvalue weighted by atomic mass is 10.1. The van der Waals surface area contributed by atoms with E-state index in [2.05, 4.69) is 34.9 Å². The lowest BCUT2D eigenvalue weighted by Gasteiger charge is -2.23. The summed E-state index contributed by atoms with van der Waals surface area (Å²) in [5.74, 6) is -0.345. The van der Waals surface area contributed by atoms with Crippen LogP contribution in [0.4, 0.5) is 0 Å². The van der Waals surface area contributed by atoms with E-state index in [1.54, 1.807) is 0 Å². The van der Waals surface area contributed by atoms with Gasteiger partial charge >= 0.3 is 0 Å². The first-order valence-electron chi connectivity index (χ1n) is 6.54. The van der Waals surface area contributed by atoms with E-state index in [9.17, 15) is 9.59 Å². The molecule has 2 N–H and O–H groups in total. The first kappa shape index (κ1) is 12.7. The largest absolute Gasteiger partial charge is 0.305 e. The number of hydrogen-bond acceptors (Lipinski definition) is 4. The van der Waals surface area contributed by atoms with Gasteiger partial charge in [-0.1, -0.05) is 18.2 Å². The van der Waals surface area contributed by atoms with Crippen LogP contribution < -0.4 is 10.6 Å². The molecule has 1 aromatic carbocycles. The summed E-state index contributed by atoms with van der Waals surface area (Å²) < 4.78 is 0. The second kappa shape index (κ2) is 5.35. The van der Waals surface area contributed by atoms with Crippen molar-refractivity contribution in [3.05, 3.63) is 29.8 Å². The highest BCUT2D eigenvalue weighted by Crippen LogP contribution is 2.36. The molecule has 2 heterocycles. The summed E-state index contributed by atoms with van der Waals surface area (Å²) in [6.07, 6.45) is 2.08. The van der Waals surface area contributed by atoms with Gasteiger partial charge < -0.3 is 5.32 Å². The monoisotopic (exact) mass is 276 g/mol. The van der Waals surface area contributed by atoms with E-state index in [0.717, 1.165) is 13.0 Å². The van der Waals surface area contributed by atoms with Gasteiger partial charge in [0.1, 0.15) is 0 Å². The van der Waals surface area contributed by atoms with Crippen LogP contribution >= 0.6 is 11.8 Å². The summed E-state index contributed by atoms with van der Waals surface area (Å²) in [5.41, 5.74) is 1.39. The predicted molar refractivity (Wildman–Crippen MR) is 74.0 cm³/mol. The lowest BCUT2D eigenvalue weighted by Crippen LogP contribution is -2.51. The van der Waals surface area contributed by atoms with Crippen LogP contribution in [-0.4, -0.2) is 29.7 Å². The Kier molecular flexibility index (Phi) is 3.57. The number of amides is 2. The van der Waals surface area contributed by atoms with Gasteiger partial charge in [0.25, 0.3) is 0 Å². The molecule has 0 aromatic heterocycles. The topological polar surface area (TPSA) is 58.2 Å². The first-order chi connectivity index (χ1) is 9.22. The van der Waals surface area contributed by atoms with E-state index in [0.29, 0.717) is 18.1 Å². The number of thioether (sulfide) groups is 1. The second-order valence-electron chi connectivity index (χ2n) is 4.96. The zero-order valence-electron chi connectivity index (χ0n) is 10.5. The fourth-order valence-corrected chi connectivity index (χ4v) is 3.79. The summed E-state index contributed by atoms with van der Waals surface area (Å²) in [7, 11) is 0. The number of benzene rings is 1. The molecule has 0 saturated carbocycles. The Balaban J connectivity index is 1.52. The smallest absolute Gasteiger partial charge is 0.243 e. The Bertz CT molecular complexity index is 493. The maximum atomic E-state index is 11.6. The Morgan fingerprint density at radius 3 is 2.95 bits per heavy atom. The molecule has 2 atom stereocenters. The third-order valence-corrected chi connectivity index (χ3v) is 4.86. The molecule has 0 spiro atoms. The molecule has 2 amide bonds. The molecule has 19 heavy (non-hydrogen) atoms. The lowest BCUT2D eigenvalue weighted by molar-refractivity contribution is -0.134. The van der Waals surface area contributed by atoms with E-state index in [1.807, 2.05) is 11.8 Å². The molecule has 2 aliphatic rings. The number of fused-ring (bicyclic) bond motifs is 1. The summed E-state index contributed by atoms with van der Waals surface area (Å²) in [6, 6.07) is 8.21. The van der Waals surface area contributed by atoms with Gasteiger partial charge in [-0.2, -0.15) is 0 Å². The third kappa shape index (κ3) is 2.82. The van der Waals surface area contributed by atoms with Crippen molar-refractivity contribution in [1.82, 2.24) is 10.6 Å².